The molecule has 0 atom stereocenters. The first-order valence-electron chi connectivity index (χ1n) is 6.69. The highest BCUT2D eigenvalue weighted by Gasteiger charge is 2.45. The molecule has 2 nitrogen and oxygen atoms in total. The van der Waals surface area contributed by atoms with E-state index < -0.39 is 0 Å². The van der Waals surface area contributed by atoms with E-state index in [0.29, 0.717) is 0 Å². The van der Waals surface area contributed by atoms with Gasteiger partial charge < -0.3 is 4.74 Å². The third-order valence-corrected chi connectivity index (χ3v) is 3.99. The van der Waals surface area contributed by atoms with Crippen LogP contribution in [0.25, 0.3) is 0 Å². The van der Waals surface area contributed by atoms with E-state index in [0.717, 1.165) is 31.0 Å². The molecule has 17 heavy (non-hydrogen) atoms. The van der Waals surface area contributed by atoms with Crippen LogP contribution in [0.15, 0.2) is 0 Å². The summed E-state index contributed by atoms with van der Waals surface area (Å²) in [6, 6.07) is 0. The van der Waals surface area contributed by atoms with Crippen molar-refractivity contribution < 1.29 is 9.53 Å². The van der Waals surface area contributed by atoms with E-state index >= 15 is 0 Å². The Bertz CT molecular complexity index is 251. The van der Waals surface area contributed by atoms with E-state index in [1.165, 1.54) is 19.3 Å². The first kappa shape index (κ1) is 15.0. The van der Waals surface area contributed by atoms with Gasteiger partial charge in [-0.1, -0.05) is 35.2 Å². The first-order chi connectivity index (χ1) is 7.90. The van der Waals surface area contributed by atoms with Crippen LogP contribution in [0.4, 0.5) is 0 Å². The van der Waals surface area contributed by atoms with Gasteiger partial charge in [0.25, 0.3) is 0 Å². The van der Waals surface area contributed by atoms with Gasteiger partial charge >= 0.3 is 5.97 Å². The van der Waals surface area contributed by atoms with Crippen LogP contribution in [0, 0.1) is 5.41 Å². The maximum atomic E-state index is 12.2. The molecule has 1 aliphatic rings. The zero-order chi connectivity index (χ0) is 12.9. The zero-order valence-corrected chi connectivity index (χ0v) is 12.9. The summed E-state index contributed by atoms with van der Waals surface area (Å²) in [5.74, 6) is 0.0371. The van der Waals surface area contributed by atoms with Gasteiger partial charge in [-0.3, -0.25) is 4.79 Å². The van der Waals surface area contributed by atoms with Crippen LogP contribution in [0.5, 0.6) is 0 Å². The Hall–Kier alpha value is -0.0500. The zero-order valence-electron chi connectivity index (χ0n) is 11.4. The smallest absolute Gasteiger partial charge is 0.312 e. The highest BCUT2D eigenvalue weighted by molar-refractivity contribution is 9.09. The number of rotatable bonds is 6. The Kier molecular flexibility index (Phi) is 5.49. The van der Waals surface area contributed by atoms with Crippen molar-refractivity contribution in [3.8, 4) is 0 Å². The molecular formula is C14H25BrO2. The van der Waals surface area contributed by atoms with E-state index in [1.54, 1.807) is 0 Å². The molecule has 0 radical (unpaired) electrons. The molecule has 0 amide bonds. The van der Waals surface area contributed by atoms with E-state index in [9.17, 15) is 4.79 Å². The Morgan fingerprint density at radius 1 is 1.24 bits per heavy atom. The van der Waals surface area contributed by atoms with Gasteiger partial charge in [0.15, 0.2) is 0 Å². The van der Waals surface area contributed by atoms with Crippen molar-refractivity contribution in [2.45, 2.75) is 71.3 Å². The lowest BCUT2D eigenvalue weighted by molar-refractivity contribution is -0.174. The summed E-state index contributed by atoms with van der Waals surface area (Å²) in [6.07, 6.45) is 7.78. The molecular weight excluding hydrogens is 280 g/mol. The second-order valence-corrected chi connectivity index (χ2v) is 6.93. The van der Waals surface area contributed by atoms with Gasteiger partial charge in [-0.25, -0.2) is 0 Å². The third-order valence-electron chi connectivity index (χ3n) is 3.43. The fraction of sp³-hybridized carbons (Fsp3) is 0.929. The average molecular weight is 305 g/mol. The van der Waals surface area contributed by atoms with Gasteiger partial charge in [0.1, 0.15) is 5.60 Å². The van der Waals surface area contributed by atoms with Crippen LogP contribution in [-0.4, -0.2) is 16.9 Å². The summed E-state index contributed by atoms with van der Waals surface area (Å²) in [6.45, 7) is 5.84. The Labute approximate surface area is 114 Å². The predicted molar refractivity (Wildman–Crippen MR) is 74.4 cm³/mol. The van der Waals surface area contributed by atoms with E-state index in [-0.39, 0.29) is 17.0 Å². The molecule has 0 aromatic heterocycles. The quantitative estimate of drug-likeness (QED) is 0.411. The molecule has 0 saturated heterocycles. The summed E-state index contributed by atoms with van der Waals surface area (Å²) < 4.78 is 5.55. The van der Waals surface area contributed by atoms with Crippen molar-refractivity contribution in [1.82, 2.24) is 0 Å². The highest BCUT2D eigenvalue weighted by Crippen LogP contribution is 2.46. The lowest BCUT2D eigenvalue weighted by Gasteiger charge is -2.41. The number of carbonyl (C=O) groups is 1. The fourth-order valence-corrected chi connectivity index (χ4v) is 2.68. The summed E-state index contributed by atoms with van der Waals surface area (Å²) in [4.78, 5) is 12.2. The summed E-state index contributed by atoms with van der Waals surface area (Å²) in [5, 5.41) is 1.06. The summed E-state index contributed by atoms with van der Waals surface area (Å²) in [5.41, 5.74) is -0.491. The van der Waals surface area contributed by atoms with Gasteiger partial charge in [0.05, 0.1) is 5.41 Å². The number of unbranched alkanes of at least 4 members (excludes halogenated alkanes) is 2. The molecule has 0 spiro atoms. The number of hydrogen-bond acceptors (Lipinski definition) is 2. The van der Waals surface area contributed by atoms with Crippen LogP contribution in [0.3, 0.4) is 0 Å². The molecule has 0 N–H and O–H groups in total. The van der Waals surface area contributed by atoms with Crippen LogP contribution < -0.4 is 0 Å². The van der Waals surface area contributed by atoms with Crippen molar-refractivity contribution in [2.24, 2.45) is 5.41 Å². The van der Waals surface area contributed by atoms with E-state index in [4.69, 9.17) is 4.74 Å². The highest BCUT2D eigenvalue weighted by atomic mass is 79.9. The normalized spacial score (nSPS) is 18.6. The van der Waals surface area contributed by atoms with Gasteiger partial charge in [0, 0.05) is 5.33 Å². The van der Waals surface area contributed by atoms with Crippen molar-refractivity contribution in [2.75, 3.05) is 5.33 Å². The minimum atomic E-state index is -0.352. The molecule has 1 aliphatic carbocycles. The van der Waals surface area contributed by atoms with Crippen molar-refractivity contribution in [1.29, 1.82) is 0 Å². The van der Waals surface area contributed by atoms with Gasteiger partial charge in [-0.15, -0.1) is 0 Å². The maximum Gasteiger partial charge on any atom is 0.312 e. The lowest BCUT2D eigenvalue weighted by atomic mass is 9.66. The minimum Gasteiger partial charge on any atom is -0.460 e. The molecule has 0 aliphatic heterocycles. The summed E-state index contributed by atoms with van der Waals surface area (Å²) >= 11 is 3.44. The number of alkyl halides is 1. The van der Waals surface area contributed by atoms with Crippen LogP contribution >= 0.6 is 15.9 Å². The topological polar surface area (TPSA) is 26.3 Å². The van der Waals surface area contributed by atoms with Crippen molar-refractivity contribution in [3.63, 3.8) is 0 Å². The molecule has 0 aromatic rings. The van der Waals surface area contributed by atoms with Crippen LogP contribution in [0.2, 0.25) is 0 Å². The fourth-order valence-electron chi connectivity index (χ4n) is 2.28. The monoisotopic (exact) mass is 304 g/mol. The number of hydrogen-bond donors (Lipinski definition) is 0. The Morgan fingerprint density at radius 3 is 2.29 bits per heavy atom. The maximum absolute atomic E-state index is 12.2. The molecule has 100 valence electrons. The number of esters is 1. The molecule has 0 unspecified atom stereocenters. The van der Waals surface area contributed by atoms with Crippen LogP contribution in [0.1, 0.15) is 65.7 Å². The minimum absolute atomic E-state index is 0.0371. The SMILES string of the molecule is CC(C)(C)OC(=O)C1(CCCCCBr)CCC1. The predicted octanol–water partition coefficient (Wildman–Crippen LogP) is 4.45. The van der Waals surface area contributed by atoms with Gasteiger partial charge in [0.2, 0.25) is 0 Å². The average Bonchev–Trinajstić information content (AvgIpc) is 2.12. The van der Waals surface area contributed by atoms with Crippen molar-refractivity contribution >= 4 is 21.9 Å². The molecule has 3 heteroatoms. The second kappa shape index (κ2) is 6.21. The van der Waals surface area contributed by atoms with E-state index in [2.05, 4.69) is 15.9 Å². The number of halogens is 1. The van der Waals surface area contributed by atoms with Crippen LogP contribution in [-0.2, 0) is 9.53 Å². The molecule has 0 aromatic carbocycles. The number of ether oxygens (including phenoxy) is 1. The molecule has 0 bridgehead atoms. The first-order valence-corrected chi connectivity index (χ1v) is 7.81. The molecule has 1 saturated carbocycles. The van der Waals surface area contributed by atoms with E-state index in [1.807, 2.05) is 20.8 Å². The summed E-state index contributed by atoms with van der Waals surface area (Å²) in [7, 11) is 0. The van der Waals surface area contributed by atoms with Crippen molar-refractivity contribution in [3.05, 3.63) is 0 Å². The lowest BCUT2D eigenvalue weighted by Crippen LogP contribution is -2.42. The number of carbonyl (C=O) groups excluding carboxylic acids is 1. The third kappa shape index (κ3) is 4.61. The van der Waals surface area contributed by atoms with Gasteiger partial charge in [-0.2, -0.15) is 0 Å². The Balaban J connectivity index is 2.42. The molecule has 1 fully saturated rings. The second-order valence-electron chi connectivity index (χ2n) is 6.14. The standard InChI is InChI=1S/C14H25BrO2/c1-13(2,3)17-12(16)14(9-7-10-14)8-5-4-6-11-15/h4-11H2,1-3H3. The largest absolute Gasteiger partial charge is 0.460 e. The molecule has 0 heterocycles. The Morgan fingerprint density at radius 2 is 1.88 bits per heavy atom. The van der Waals surface area contributed by atoms with Gasteiger partial charge in [-0.05, 0) is 46.5 Å². The molecule has 1 rings (SSSR count).